The first-order chi connectivity index (χ1) is 31.0. The summed E-state index contributed by atoms with van der Waals surface area (Å²) in [7, 11) is 1.54. The number of nitrogens with one attached hydrogen (secondary N) is 3. The van der Waals surface area contributed by atoms with E-state index < -0.39 is 29.7 Å². The highest BCUT2D eigenvalue weighted by atomic mass is 16.5. The Morgan fingerprint density at radius 3 is 2.48 bits per heavy atom. The quantitative estimate of drug-likeness (QED) is 0.170. The van der Waals surface area contributed by atoms with Crippen molar-refractivity contribution in [3.63, 3.8) is 0 Å². The summed E-state index contributed by atoms with van der Waals surface area (Å²) in [5, 5.41) is 17.6. The van der Waals surface area contributed by atoms with Crippen LogP contribution in [0.4, 0.5) is 17.5 Å². The van der Waals surface area contributed by atoms with Crippen LogP contribution in [0.2, 0.25) is 0 Å². The van der Waals surface area contributed by atoms with Crippen molar-refractivity contribution in [1.29, 1.82) is 0 Å². The monoisotopic (exact) mass is 873 g/mol. The topological polar surface area (TPSA) is 223 Å². The fraction of sp³-hybridized carbons (Fsp3) is 0.467. The van der Waals surface area contributed by atoms with Gasteiger partial charge in [-0.05, 0) is 81.7 Å². The number of imide groups is 2. The second-order valence-electron chi connectivity index (χ2n) is 17.0. The summed E-state index contributed by atoms with van der Waals surface area (Å²) < 4.78 is 13.6. The van der Waals surface area contributed by atoms with Gasteiger partial charge in [0.2, 0.25) is 17.8 Å². The van der Waals surface area contributed by atoms with Crippen LogP contribution in [0.1, 0.15) is 120 Å². The Hall–Kier alpha value is -6.92. The molecule has 1 unspecified atom stereocenters. The van der Waals surface area contributed by atoms with Crippen LogP contribution in [0.15, 0.2) is 42.6 Å². The number of rotatable bonds is 12. The Bertz CT molecular complexity index is 2530. The van der Waals surface area contributed by atoms with Gasteiger partial charge in [-0.3, -0.25) is 43.6 Å². The molecule has 2 atom stereocenters. The minimum atomic E-state index is -1.12. The molecule has 6 amide bonds. The smallest absolute Gasteiger partial charge is 0.266 e. The summed E-state index contributed by atoms with van der Waals surface area (Å²) >= 11 is 0. The largest absolute Gasteiger partial charge is 0.495 e. The number of nitrogens with zero attached hydrogens (tertiary/aromatic N) is 8. The van der Waals surface area contributed by atoms with Crippen molar-refractivity contribution in [1.82, 2.24) is 45.2 Å². The molecule has 4 aromatic rings. The van der Waals surface area contributed by atoms with Gasteiger partial charge in [-0.1, -0.05) is 32.3 Å². The number of benzene rings is 2. The van der Waals surface area contributed by atoms with Gasteiger partial charge in [0, 0.05) is 37.7 Å². The molecule has 3 N–H and O–H groups in total. The zero-order chi connectivity index (χ0) is 44.6. The van der Waals surface area contributed by atoms with Gasteiger partial charge in [0.05, 0.1) is 36.2 Å². The maximum atomic E-state index is 13.5. The van der Waals surface area contributed by atoms with E-state index in [9.17, 15) is 28.8 Å². The van der Waals surface area contributed by atoms with E-state index in [0.717, 1.165) is 41.0 Å². The maximum absolute atomic E-state index is 13.5. The molecular formula is C45H51N11O8. The van der Waals surface area contributed by atoms with Crippen LogP contribution in [0.3, 0.4) is 0 Å². The molecule has 2 aromatic carbocycles. The minimum Gasteiger partial charge on any atom is -0.495 e. The molecule has 5 aliphatic rings. The van der Waals surface area contributed by atoms with Crippen molar-refractivity contribution >= 4 is 52.9 Å². The number of ether oxygens (including phenoxy) is 2. The highest BCUT2D eigenvalue weighted by Crippen LogP contribution is 2.41. The standard InChI is InChI=1S/C45H51N11O8/c1-4-31-40-52-51-25(2)55(40)33-22-46-45(50-39(33)54(31)23-26-9-6-5-7-10-26)48-30-14-13-27(21-35(30)63-3)41(59)47-28-17-19-53(20-18-28)37(58)24-64-34-12-8-11-29-38(34)44(62)56(43(29)61)32-15-16-36(57)49-42(32)60/h8,11-14,21-22,26,28,31-32H,4-7,9-10,15-20,23-24H2,1-3H3,(H,47,59)(H,46,48,50)(H,49,57,60)/t31-,32?/m1/s1. The van der Waals surface area contributed by atoms with Crippen LogP contribution in [0.5, 0.6) is 11.5 Å². The Morgan fingerprint density at radius 2 is 1.73 bits per heavy atom. The van der Waals surface area contributed by atoms with Crippen molar-refractivity contribution < 1.29 is 38.2 Å². The van der Waals surface area contributed by atoms with E-state index in [1.807, 2.05) is 13.1 Å². The van der Waals surface area contributed by atoms with Gasteiger partial charge in [-0.15, -0.1) is 10.2 Å². The molecule has 3 fully saturated rings. The lowest BCUT2D eigenvalue weighted by Crippen LogP contribution is -2.54. The van der Waals surface area contributed by atoms with Crippen molar-refractivity contribution in [3.8, 4) is 17.2 Å². The van der Waals surface area contributed by atoms with E-state index in [0.29, 0.717) is 54.8 Å². The average molecular weight is 874 g/mol. The lowest BCUT2D eigenvalue weighted by atomic mass is 9.88. The molecule has 64 heavy (non-hydrogen) atoms. The summed E-state index contributed by atoms with van der Waals surface area (Å²) in [4.78, 5) is 92.2. The number of aromatic nitrogens is 5. The van der Waals surface area contributed by atoms with E-state index in [-0.39, 0.29) is 60.2 Å². The molecule has 2 aromatic heterocycles. The zero-order valence-corrected chi connectivity index (χ0v) is 36.1. The van der Waals surface area contributed by atoms with Crippen molar-refractivity contribution in [2.75, 3.05) is 43.6 Å². The van der Waals surface area contributed by atoms with Crippen LogP contribution in [0, 0.1) is 12.8 Å². The zero-order valence-electron chi connectivity index (χ0n) is 36.1. The minimum absolute atomic E-state index is 0.00141. The summed E-state index contributed by atoms with van der Waals surface area (Å²) in [5.41, 5.74) is 1.88. The molecule has 4 aliphatic heterocycles. The van der Waals surface area contributed by atoms with Crippen molar-refractivity contribution in [3.05, 3.63) is 70.9 Å². The lowest BCUT2D eigenvalue weighted by Gasteiger charge is -2.39. The van der Waals surface area contributed by atoms with E-state index in [1.54, 1.807) is 30.2 Å². The predicted molar refractivity (Wildman–Crippen MR) is 231 cm³/mol. The molecule has 0 spiro atoms. The molecule has 0 radical (unpaired) electrons. The number of aryl methyl sites for hydroxylation is 1. The van der Waals surface area contributed by atoms with Gasteiger partial charge >= 0.3 is 0 Å². The molecular weight excluding hydrogens is 823 g/mol. The van der Waals surface area contributed by atoms with Gasteiger partial charge in [-0.25, -0.2) is 4.98 Å². The van der Waals surface area contributed by atoms with Crippen LogP contribution in [-0.4, -0.2) is 115 Å². The number of amides is 6. The fourth-order valence-corrected chi connectivity index (χ4v) is 9.67. The SMILES string of the molecule is CC[C@@H]1c2nnc(C)n2-c2cnc(Nc3ccc(C(=O)NC4CCN(C(=O)COc5cccc6c5C(=O)N(C5CCC(=O)NC5=O)C6=O)CC4)cc3OC)nc2N1CC1CCCCC1. The fourth-order valence-electron chi connectivity index (χ4n) is 9.67. The van der Waals surface area contributed by atoms with Crippen LogP contribution >= 0.6 is 0 Å². The Kier molecular flexibility index (Phi) is 11.7. The third-order valence-electron chi connectivity index (χ3n) is 13.0. The second-order valence-corrected chi connectivity index (χ2v) is 17.0. The molecule has 334 valence electrons. The number of anilines is 3. The lowest BCUT2D eigenvalue weighted by molar-refractivity contribution is -0.136. The van der Waals surface area contributed by atoms with Gasteiger partial charge in [0.25, 0.3) is 23.6 Å². The number of methoxy groups -OCH3 is 1. The van der Waals surface area contributed by atoms with Crippen LogP contribution < -0.4 is 30.3 Å². The van der Waals surface area contributed by atoms with Crippen molar-refractivity contribution in [2.45, 2.75) is 96.2 Å². The molecule has 6 heterocycles. The molecule has 1 saturated carbocycles. The first-order valence-corrected chi connectivity index (χ1v) is 22.1. The number of fused-ring (bicyclic) bond motifs is 4. The Balaban J connectivity index is 0.809. The number of likely N-dealkylation sites (tertiary alicyclic amines) is 1. The highest BCUT2D eigenvalue weighted by Gasteiger charge is 2.46. The van der Waals surface area contributed by atoms with Gasteiger partial charge in [-0.2, -0.15) is 4.98 Å². The summed E-state index contributed by atoms with van der Waals surface area (Å²) in [6, 6.07) is 8.37. The normalized spacial score (nSPS) is 20.1. The van der Waals surface area contributed by atoms with E-state index in [4.69, 9.17) is 19.4 Å². The highest BCUT2D eigenvalue weighted by molar-refractivity contribution is 6.24. The third-order valence-corrected chi connectivity index (χ3v) is 13.0. The summed E-state index contributed by atoms with van der Waals surface area (Å²) in [6.07, 6.45) is 9.85. The Labute approximate surface area is 369 Å². The molecule has 9 rings (SSSR count). The van der Waals surface area contributed by atoms with Crippen molar-refractivity contribution in [2.24, 2.45) is 5.92 Å². The first kappa shape index (κ1) is 42.4. The summed E-state index contributed by atoms with van der Waals surface area (Å²) in [5.74, 6) is 0.815. The summed E-state index contributed by atoms with van der Waals surface area (Å²) in [6.45, 7) is 5.33. The third kappa shape index (κ3) is 7.98. The van der Waals surface area contributed by atoms with Crippen LogP contribution in [0.25, 0.3) is 5.69 Å². The molecule has 2 saturated heterocycles. The number of hydrogen-bond acceptors (Lipinski definition) is 14. The number of hydrogen-bond donors (Lipinski definition) is 3. The van der Waals surface area contributed by atoms with Gasteiger partial charge < -0.3 is 29.9 Å². The predicted octanol–water partition coefficient (Wildman–Crippen LogP) is 4.17. The van der Waals surface area contributed by atoms with E-state index in [1.165, 1.54) is 50.3 Å². The van der Waals surface area contributed by atoms with Gasteiger partial charge in [0.15, 0.2) is 18.2 Å². The molecule has 19 nitrogen and oxygen atoms in total. The molecule has 19 heteroatoms. The van der Waals surface area contributed by atoms with Crippen LogP contribution in [-0.2, 0) is 14.4 Å². The van der Waals surface area contributed by atoms with Gasteiger partial charge in [0.1, 0.15) is 29.1 Å². The number of carbonyl (C=O) groups is 6. The maximum Gasteiger partial charge on any atom is 0.266 e. The van der Waals surface area contributed by atoms with E-state index >= 15 is 0 Å². The average Bonchev–Trinajstić information content (AvgIpc) is 3.81. The molecule has 1 aliphatic carbocycles. The second kappa shape index (κ2) is 17.7. The number of piperidine rings is 2. The number of carbonyl (C=O) groups excluding carboxylic acids is 6. The van der Waals surface area contributed by atoms with E-state index in [2.05, 4.69) is 42.5 Å². The molecule has 0 bridgehead atoms. The Morgan fingerprint density at radius 1 is 0.938 bits per heavy atom. The first-order valence-electron chi connectivity index (χ1n) is 22.1.